The zero-order valence-electron chi connectivity index (χ0n) is 17.6. The molecular weight excluding hydrogens is 499 g/mol. The average Bonchev–Trinajstić information content (AvgIpc) is 3.26. The fourth-order valence-corrected chi connectivity index (χ4v) is 6.60. The second-order valence-corrected chi connectivity index (χ2v) is 11.3. The highest BCUT2D eigenvalue weighted by Gasteiger charge is 2.40. The Labute approximate surface area is 208 Å². The number of hydrogen-bond donors (Lipinski definition) is 2. The van der Waals surface area contributed by atoms with Crippen LogP contribution in [0, 0.1) is 12.8 Å². The predicted molar refractivity (Wildman–Crippen MR) is 136 cm³/mol. The van der Waals surface area contributed by atoms with E-state index >= 15 is 0 Å². The Morgan fingerprint density at radius 1 is 0.970 bits per heavy atom. The monoisotopic (exact) mass is 518 g/mol. The average molecular weight is 520 g/mol. The van der Waals surface area contributed by atoms with Crippen molar-refractivity contribution in [1.82, 2.24) is 0 Å². The van der Waals surface area contributed by atoms with Crippen LogP contribution < -0.4 is 10.0 Å². The molecular formula is C25H21Cl3N2O2S. The van der Waals surface area contributed by atoms with E-state index in [2.05, 4.69) is 22.2 Å². The van der Waals surface area contributed by atoms with E-state index < -0.39 is 10.0 Å². The van der Waals surface area contributed by atoms with Crippen molar-refractivity contribution < 1.29 is 8.42 Å². The van der Waals surface area contributed by atoms with Crippen molar-refractivity contribution >= 4 is 56.2 Å². The van der Waals surface area contributed by atoms with E-state index in [1.807, 2.05) is 31.2 Å². The molecule has 170 valence electrons. The Hall–Kier alpha value is -2.18. The van der Waals surface area contributed by atoms with Crippen molar-refractivity contribution in [2.75, 3.05) is 10.0 Å². The summed E-state index contributed by atoms with van der Waals surface area (Å²) >= 11 is 19.2. The molecule has 0 saturated heterocycles. The fourth-order valence-electron chi connectivity index (χ4n) is 4.70. The normalized spacial score (nSPS) is 21.3. The number of allylic oxidation sites excluding steroid dienone is 2. The lowest BCUT2D eigenvalue weighted by Gasteiger charge is -2.38. The SMILES string of the molecule is Cc1ccc(NS(=O)(=O)c2ccc3c(c2)[C@H]2C=CC[C@H]2[C@@H](c2c(Cl)cccc2Cl)N3)cc1Cl. The first-order valence-corrected chi connectivity index (χ1v) is 13.2. The van der Waals surface area contributed by atoms with Crippen LogP contribution in [0.5, 0.6) is 0 Å². The maximum Gasteiger partial charge on any atom is 0.261 e. The van der Waals surface area contributed by atoms with Crippen molar-refractivity contribution in [3.63, 3.8) is 0 Å². The summed E-state index contributed by atoms with van der Waals surface area (Å²) in [5, 5.41) is 5.31. The summed E-state index contributed by atoms with van der Waals surface area (Å²) in [6.07, 6.45) is 5.13. The van der Waals surface area contributed by atoms with E-state index in [1.165, 1.54) is 0 Å². The van der Waals surface area contributed by atoms with Crippen LogP contribution in [0.1, 0.15) is 35.1 Å². The fraction of sp³-hybridized carbons (Fsp3) is 0.200. The maximum atomic E-state index is 13.1. The minimum Gasteiger partial charge on any atom is -0.378 e. The number of halogens is 3. The highest BCUT2D eigenvalue weighted by molar-refractivity contribution is 7.92. The van der Waals surface area contributed by atoms with Crippen LogP contribution in [0.4, 0.5) is 11.4 Å². The largest absolute Gasteiger partial charge is 0.378 e. The van der Waals surface area contributed by atoms with E-state index in [9.17, 15) is 8.42 Å². The van der Waals surface area contributed by atoms with Gasteiger partial charge in [0.1, 0.15) is 0 Å². The molecule has 0 bridgehead atoms. The number of hydrogen-bond acceptors (Lipinski definition) is 3. The van der Waals surface area contributed by atoms with Gasteiger partial charge in [-0.2, -0.15) is 0 Å². The third-order valence-electron chi connectivity index (χ3n) is 6.38. The van der Waals surface area contributed by atoms with E-state index in [-0.39, 0.29) is 22.8 Å². The minimum atomic E-state index is -3.79. The molecule has 8 heteroatoms. The number of sulfonamides is 1. The highest BCUT2D eigenvalue weighted by Crippen LogP contribution is 2.52. The van der Waals surface area contributed by atoms with Gasteiger partial charge in [0.2, 0.25) is 0 Å². The van der Waals surface area contributed by atoms with Gasteiger partial charge < -0.3 is 5.32 Å². The third kappa shape index (κ3) is 4.12. The number of aryl methyl sites for hydroxylation is 1. The Kier molecular flexibility index (Phi) is 5.86. The van der Waals surface area contributed by atoms with Crippen LogP contribution in [-0.4, -0.2) is 8.42 Å². The molecule has 2 N–H and O–H groups in total. The van der Waals surface area contributed by atoms with Gasteiger partial charge in [0.15, 0.2) is 0 Å². The number of benzene rings is 3. The zero-order chi connectivity index (χ0) is 23.3. The second-order valence-electron chi connectivity index (χ2n) is 8.43. The van der Waals surface area contributed by atoms with Crippen LogP contribution >= 0.6 is 34.8 Å². The lowest BCUT2D eigenvalue weighted by atomic mass is 9.77. The second kappa shape index (κ2) is 8.55. The standard InChI is InChI=1S/C25H21Cl3N2O2S/c1-14-8-9-15(12-22(14)28)30-33(31,32)16-10-11-23-19(13-16)17-4-2-5-18(17)25(29-23)24-20(26)6-3-7-21(24)27/h2-4,6-13,17-18,25,29-30H,5H2,1H3/t17-,18+,25-/m0/s1. The van der Waals surface area contributed by atoms with Gasteiger partial charge in [-0.25, -0.2) is 8.42 Å². The Balaban J connectivity index is 1.51. The van der Waals surface area contributed by atoms with Crippen molar-refractivity contribution in [2.45, 2.75) is 30.2 Å². The predicted octanol–water partition coefficient (Wildman–Crippen LogP) is 7.58. The molecule has 0 unspecified atom stereocenters. The molecule has 3 aromatic rings. The van der Waals surface area contributed by atoms with Gasteiger partial charge in [0.25, 0.3) is 10.0 Å². The Bertz CT molecular complexity index is 1370. The summed E-state index contributed by atoms with van der Waals surface area (Å²) in [4.78, 5) is 0.202. The Morgan fingerprint density at radius 3 is 2.45 bits per heavy atom. The number of rotatable bonds is 4. The summed E-state index contributed by atoms with van der Waals surface area (Å²) in [5.74, 6) is 0.235. The van der Waals surface area contributed by atoms with Gasteiger partial charge in [-0.05, 0) is 72.9 Å². The maximum absolute atomic E-state index is 13.1. The molecule has 33 heavy (non-hydrogen) atoms. The molecule has 0 aromatic heterocycles. The highest BCUT2D eigenvalue weighted by atomic mass is 35.5. The van der Waals surface area contributed by atoms with E-state index in [0.29, 0.717) is 20.8 Å². The summed E-state index contributed by atoms with van der Waals surface area (Å²) in [6.45, 7) is 1.87. The van der Waals surface area contributed by atoms with Gasteiger partial charge in [-0.3, -0.25) is 4.72 Å². The first-order chi connectivity index (χ1) is 15.7. The molecule has 4 nitrogen and oxygen atoms in total. The van der Waals surface area contributed by atoms with Gasteiger partial charge in [0.05, 0.1) is 16.6 Å². The van der Waals surface area contributed by atoms with E-state index in [0.717, 1.165) is 28.8 Å². The van der Waals surface area contributed by atoms with Crippen LogP contribution in [-0.2, 0) is 10.0 Å². The minimum absolute atomic E-state index is 0.0579. The molecule has 2 aliphatic rings. The van der Waals surface area contributed by atoms with Crippen LogP contribution in [0.15, 0.2) is 71.6 Å². The molecule has 0 radical (unpaired) electrons. The van der Waals surface area contributed by atoms with E-state index in [1.54, 1.807) is 30.3 Å². The Morgan fingerprint density at radius 2 is 1.73 bits per heavy atom. The molecule has 0 amide bonds. The van der Waals surface area contributed by atoms with Crippen molar-refractivity contribution in [2.24, 2.45) is 5.92 Å². The smallest absolute Gasteiger partial charge is 0.261 e. The summed E-state index contributed by atoms with van der Waals surface area (Å²) in [6, 6.07) is 15.7. The van der Waals surface area contributed by atoms with Crippen LogP contribution in [0.3, 0.4) is 0 Å². The van der Waals surface area contributed by atoms with E-state index in [4.69, 9.17) is 34.8 Å². The first-order valence-electron chi connectivity index (χ1n) is 10.5. The zero-order valence-corrected chi connectivity index (χ0v) is 20.7. The summed E-state index contributed by atoms with van der Waals surface area (Å²) in [5.41, 5.74) is 4.00. The van der Waals surface area contributed by atoms with Crippen molar-refractivity contribution in [3.05, 3.63) is 98.5 Å². The topological polar surface area (TPSA) is 58.2 Å². The first kappa shape index (κ1) is 22.6. The van der Waals surface area contributed by atoms with Gasteiger partial charge in [0, 0.05) is 32.2 Å². The molecule has 0 fully saturated rings. The molecule has 5 rings (SSSR count). The molecule has 1 heterocycles. The summed E-state index contributed by atoms with van der Waals surface area (Å²) in [7, 11) is -3.79. The van der Waals surface area contributed by atoms with Gasteiger partial charge in [-0.15, -0.1) is 0 Å². The molecule has 3 atom stereocenters. The number of nitrogens with one attached hydrogen (secondary N) is 2. The molecule has 1 aliphatic heterocycles. The lowest BCUT2D eigenvalue weighted by Crippen LogP contribution is -2.29. The molecule has 1 aliphatic carbocycles. The van der Waals surface area contributed by atoms with Crippen molar-refractivity contribution in [3.8, 4) is 0 Å². The molecule has 0 spiro atoms. The van der Waals surface area contributed by atoms with Gasteiger partial charge >= 0.3 is 0 Å². The number of fused-ring (bicyclic) bond motifs is 3. The third-order valence-corrected chi connectivity index (χ3v) is 8.82. The van der Waals surface area contributed by atoms with Crippen LogP contribution in [0.2, 0.25) is 15.1 Å². The molecule has 0 saturated carbocycles. The van der Waals surface area contributed by atoms with Crippen LogP contribution in [0.25, 0.3) is 0 Å². The summed E-state index contributed by atoms with van der Waals surface area (Å²) < 4.78 is 28.9. The molecule has 3 aromatic carbocycles. The van der Waals surface area contributed by atoms with Crippen molar-refractivity contribution in [1.29, 1.82) is 0 Å². The van der Waals surface area contributed by atoms with Gasteiger partial charge in [-0.1, -0.05) is 59.1 Å². The quantitative estimate of drug-likeness (QED) is 0.349. The lowest BCUT2D eigenvalue weighted by molar-refractivity contribution is 0.425. The number of anilines is 2.